The number of thioether (sulfide) groups is 1. The van der Waals surface area contributed by atoms with Gasteiger partial charge < -0.3 is 9.47 Å². The van der Waals surface area contributed by atoms with Gasteiger partial charge in [0.25, 0.3) is 11.1 Å². The number of hydrogen-bond donors (Lipinski definition) is 0. The van der Waals surface area contributed by atoms with Gasteiger partial charge in [0.2, 0.25) is 0 Å². The van der Waals surface area contributed by atoms with E-state index in [0.717, 1.165) is 31.8 Å². The van der Waals surface area contributed by atoms with Crippen molar-refractivity contribution in [3.8, 4) is 11.5 Å². The Labute approximate surface area is 219 Å². The predicted octanol–water partition coefficient (Wildman–Crippen LogP) is 7.21. The molecule has 0 aliphatic carbocycles. The first kappa shape index (κ1) is 24.6. The van der Waals surface area contributed by atoms with E-state index in [9.17, 15) is 9.59 Å². The summed E-state index contributed by atoms with van der Waals surface area (Å²) in [5.41, 5.74) is 3.04. The van der Waals surface area contributed by atoms with E-state index in [1.54, 1.807) is 6.08 Å². The molecule has 0 radical (unpaired) electrons. The number of benzene rings is 3. The van der Waals surface area contributed by atoms with Crippen molar-refractivity contribution in [1.29, 1.82) is 0 Å². The summed E-state index contributed by atoms with van der Waals surface area (Å²) in [6.45, 7) is 2.90. The van der Waals surface area contributed by atoms with E-state index < -0.39 is 0 Å². The molecule has 3 aromatic rings. The zero-order valence-corrected chi connectivity index (χ0v) is 22.3. The van der Waals surface area contributed by atoms with Crippen LogP contribution in [0.4, 0.5) is 4.79 Å². The molecule has 34 heavy (non-hydrogen) atoms. The highest BCUT2D eigenvalue weighted by Crippen LogP contribution is 2.38. The zero-order valence-electron chi connectivity index (χ0n) is 18.3. The fourth-order valence-corrected chi connectivity index (χ4v) is 5.57. The highest BCUT2D eigenvalue weighted by Gasteiger charge is 2.34. The molecule has 0 N–H and O–H groups in total. The molecule has 0 atom stereocenters. The number of imide groups is 1. The largest absolute Gasteiger partial charge is 0.492 e. The molecule has 174 valence electrons. The summed E-state index contributed by atoms with van der Waals surface area (Å²) in [6.07, 6.45) is 1.71. The van der Waals surface area contributed by atoms with E-state index in [0.29, 0.717) is 23.0 Å². The van der Waals surface area contributed by atoms with Gasteiger partial charge in [0, 0.05) is 0 Å². The van der Waals surface area contributed by atoms with Crippen molar-refractivity contribution in [3.05, 3.63) is 97.3 Å². The van der Waals surface area contributed by atoms with Crippen LogP contribution >= 0.6 is 43.6 Å². The van der Waals surface area contributed by atoms with Gasteiger partial charge in [0.15, 0.2) is 0 Å². The van der Waals surface area contributed by atoms with Crippen molar-refractivity contribution < 1.29 is 19.1 Å². The smallest absolute Gasteiger partial charge is 0.293 e. The second-order valence-electron chi connectivity index (χ2n) is 7.58. The monoisotopic (exact) mass is 601 g/mol. The summed E-state index contributed by atoms with van der Waals surface area (Å²) in [7, 11) is 0. The minimum absolute atomic E-state index is 0.191. The van der Waals surface area contributed by atoms with Crippen LogP contribution in [0, 0.1) is 6.92 Å². The van der Waals surface area contributed by atoms with Crippen molar-refractivity contribution >= 4 is 60.8 Å². The SMILES string of the molecule is Cc1ccc(COc2c(Br)cc(/C=C3\SC(=O)N(CCOc4ccccc4)C3=O)cc2Br)cc1. The number of amides is 2. The quantitative estimate of drug-likeness (QED) is 0.255. The van der Waals surface area contributed by atoms with E-state index in [1.165, 1.54) is 10.5 Å². The number of ether oxygens (including phenoxy) is 2. The van der Waals surface area contributed by atoms with Gasteiger partial charge in [0.05, 0.1) is 20.4 Å². The number of aryl methyl sites for hydroxylation is 1. The van der Waals surface area contributed by atoms with Gasteiger partial charge in [-0.25, -0.2) is 0 Å². The first-order valence-electron chi connectivity index (χ1n) is 10.5. The van der Waals surface area contributed by atoms with Crippen molar-refractivity contribution in [2.24, 2.45) is 0 Å². The standard InChI is InChI=1S/C26H21Br2NO4S/c1-17-7-9-18(10-8-17)16-33-24-21(27)13-19(14-22(24)28)15-23-25(30)29(26(31)34-23)11-12-32-20-5-3-2-4-6-20/h2-10,13-15H,11-12,16H2,1H3/b23-15-. The van der Waals surface area contributed by atoms with Crippen molar-refractivity contribution in [1.82, 2.24) is 4.90 Å². The molecule has 4 rings (SSSR count). The Balaban J connectivity index is 1.41. The molecule has 2 amide bonds. The van der Waals surface area contributed by atoms with Gasteiger partial charge in [-0.15, -0.1) is 0 Å². The van der Waals surface area contributed by atoms with Gasteiger partial charge >= 0.3 is 0 Å². The maximum absolute atomic E-state index is 12.8. The Hall–Kier alpha value is -2.55. The summed E-state index contributed by atoms with van der Waals surface area (Å²) in [4.78, 5) is 26.8. The van der Waals surface area contributed by atoms with E-state index >= 15 is 0 Å². The molecular formula is C26H21Br2NO4S. The van der Waals surface area contributed by atoms with Crippen LogP contribution in [0.3, 0.4) is 0 Å². The lowest BCUT2D eigenvalue weighted by Gasteiger charge is -2.13. The average molecular weight is 603 g/mol. The fraction of sp³-hybridized carbons (Fsp3) is 0.154. The van der Waals surface area contributed by atoms with Gasteiger partial charge in [-0.1, -0.05) is 48.0 Å². The topological polar surface area (TPSA) is 55.8 Å². The summed E-state index contributed by atoms with van der Waals surface area (Å²) in [5, 5.41) is -0.302. The number of hydrogen-bond acceptors (Lipinski definition) is 5. The van der Waals surface area contributed by atoms with Crippen LogP contribution in [0.15, 0.2) is 80.6 Å². The van der Waals surface area contributed by atoms with Crippen molar-refractivity contribution in [3.63, 3.8) is 0 Å². The number of rotatable bonds is 8. The molecule has 1 saturated heterocycles. The van der Waals surface area contributed by atoms with Crippen LogP contribution < -0.4 is 9.47 Å². The Kier molecular flexibility index (Phi) is 8.13. The van der Waals surface area contributed by atoms with Gasteiger partial charge in [-0.3, -0.25) is 14.5 Å². The molecule has 0 spiro atoms. The molecular weight excluding hydrogens is 582 g/mol. The number of para-hydroxylation sites is 1. The number of carbonyl (C=O) groups excluding carboxylic acids is 2. The second kappa shape index (κ2) is 11.3. The minimum atomic E-state index is -0.321. The summed E-state index contributed by atoms with van der Waals surface area (Å²) in [5.74, 6) is 1.05. The van der Waals surface area contributed by atoms with Gasteiger partial charge in [-0.05, 0) is 92.0 Å². The molecule has 5 nitrogen and oxygen atoms in total. The number of halogens is 2. The number of carbonyl (C=O) groups is 2. The Morgan fingerprint density at radius 2 is 1.62 bits per heavy atom. The number of nitrogens with zero attached hydrogens (tertiary/aromatic N) is 1. The van der Waals surface area contributed by atoms with Crippen LogP contribution in [0.5, 0.6) is 11.5 Å². The minimum Gasteiger partial charge on any atom is -0.492 e. The summed E-state index contributed by atoms with van der Waals surface area (Å²) < 4.78 is 13.1. The predicted molar refractivity (Wildman–Crippen MR) is 142 cm³/mol. The van der Waals surface area contributed by atoms with Crippen molar-refractivity contribution in [2.75, 3.05) is 13.2 Å². The first-order valence-corrected chi connectivity index (χ1v) is 12.9. The highest BCUT2D eigenvalue weighted by atomic mass is 79.9. The lowest BCUT2D eigenvalue weighted by molar-refractivity contribution is -0.123. The van der Waals surface area contributed by atoms with Crippen LogP contribution in [0.2, 0.25) is 0 Å². The third-order valence-electron chi connectivity index (χ3n) is 5.02. The maximum atomic E-state index is 12.8. The van der Waals surface area contributed by atoms with Crippen LogP contribution in [-0.4, -0.2) is 29.2 Å². The van der Waals surface area contributed by atoms with Gasteiger partial charge in [-0.2, -0.15) is 0 Å². The van der Waals surface area contributed by atoms with Crippen LogP contribution in [-0.2, 0) is 11.4 Å². The molecule has 1 aliphatic rings. The fourth-order valence-electron chi connectivity index (χ4n) is 3.26. The second-order valence-corrected chi connectivity index (χ2v) is 10.3. The molecule has 1 aliphatic heterocycles. The Morgan fingerprint density at radius 1 is 0.941 bits per heavy atom. The molecule has 0 saturated carbocycles. The summed E-state index contributed by atoms with van der Waals surface area (Å²) >= 11 is 8.04. The van der Waals surface area contributed by atoms with Crippen LogP contribution in [0.1, 0.15) is 16.7 Å². The summed E-state index contributed by atoms with van der Waals surface area (Å²) in [6, 6.07) is 21.2. The van der Waals surface area contributed by atoms with Gasteiger partial charge in [0.1, 0.15) is 24.7 Å². The zero-order chi connectivity index (χ0) is 24.1. The normalized spacial score (nSPS) is 14.7. The third kappa shape index (κ3) is 6.11. The molecule has 0 bridgehead atoms. The van der Waals surface area contributed by atoms with E-state index in [1.807, 2.05) is 73.7 Å². The highest BCUT2D eigenvalue weighted by molar-refractivity contribution is 9.11. The molecule has 0 aromatic heterocycles. The first-order chi connectivity index (χ1) is 16.4. The van der Waals surface area contributed by atoms with Crippen molar-refractivity contribution in [2.45, 2.75) is 13.5 Å². The Morgan fingerprint density at radius 3 is 2.29 bits per heavy atom. The lowest BCUT2D eigenvalue weighted by Crippen LogP contribution is -2.32. The molecule has 1 fully saturated rings. The Bertz CT molecular complexity index is 1210. The third-order valence-corrected chi connectivity index (χ3v) is 7.11. The van der Waals surface area contributed by atoms with E-state index in [-0.39, 0.29) is 24.3 Å². The van der Waals surface area contributed by atoms with E-state index in [2.05, 4.69) is 31.9 Å². The molecule has 3 aromatic carbocycles. The van der Waals surface area contributed by atoms with Crippen LogP contribution in [0.25, 0.3) is 6.08 Å². The average Bonchev–Trinajstić information content (AvgIpc) is 3.07. The van der Waals surface area contributed by atoms with E-state index in [4.69, 9.17) is 9.47 Å². The lowest BCUT2D eigenvalue weighted by atomic mass is 10.1. The molecule has 0 unspecified atom stereocenters. The molecule has 8 heteroatoms. The molecule has 1 heterocycles. The maximum Gasteiger partial charge on any atom is 0.293 e.